The number of thiazole rings is 1. The number of hydrogen-bond donors (Lipinski definition) is 0. The number of carbonyl (C=O) groups excluding carboxylic acids is 1. The second kappa shape index (κ2) is 10.1. The van der Waals surface area contributed by atoms with Crippen molar-refractivity contribution in [3.63, 3.8) is 0 Å². The van der Waals surface area contributed by atoms with E-state index in [9.17, 15) is 4.79 Å². The van der Waals surface area contributed by atoms with Crippen LogP contribution >= 0.6 is 34.7 Å². The van der Waals surface area contributed by atoms with Crippen molar-refractivity contribution in [2.24, 2.45) is 0 Å². The number of aromatic nitrogens is 2. The monoisotopic (exact) mass is 469 g/mol. The van der Waals surface area contributed by atoms with E-state index in [1.165, 1.54) is 11.3 Å². The van der Waals surface area contributed by atoms with Gasteiger partial charge in [0.05, 0.1) is 23.9 Å². The van der Waals surface area contributed by atoms with E-state index in [-0.39, 0.29) is 5.91 Å². The van der Waals surface area contributed by atoms with E-state index >= 15 is 0 Å². The molecular weight excluding hydrogens is 450 g/mol. The molecule has 0 N–H and O–H groups in total. The van der Waals surface area contributed by atoms with Gasteiger partial charge in [0.2, 0.25) is 5.91 Å². The smallest absolute Gasteiger partial charge is 0.229 e. The number of methoxy groups -OCH3 is 1. The SMILES string of the molecule is COc1ccc2nc(N(Cc3cccnc3)C(=O)CCSc3ccc(Cl)cc3)sc2c1. The third-order valence-corrected chi connectivity index (χ3v) is 6.88. The van der Waals surface area contributed by atoms with Gasteiger partial charge in [-0.3, -0.25) is 14.7 Å². The molecule has 2 heterocycles. The molecule has 0 bridgehead atoms. The highest BCUT2D eigenvalue weighted by Crippen LogP contribution is 2.33. The van der Waals surface area contributed by atoms with Crippen LogP contribution in [0.5, 0.6) is 5.75 Å². The first-order chi connectivity index (χ1) is 15.1. The average Bonchev–Trinajstić information content (AvgIpc) is 3.22. The molecule has 0 radical (unpaired) electrons. The van der Waals surface area contributed by atoms with Crippen LogP contribution in [0.2, 0.25) is 5.02 Å². The second-order valence-electron chi connectivity index (χ2n) is 6.72. The van der Waals surface area contributed by atoms with Gasteiger partial charge >= 0.3 is 0 Å². The van der Waals surface area contributed by atoms with E-state index in [2.05, 4.69) is 4.98 Å². The van der Waals surface area contributed by atoms with Gasteiger partial charge in [-0.15, -0.1) is 11.8 Å². The largest absolute Gasteiger partial charge is 0.497 e. The van der Waals surface area contributed by atoms with Crippen LogP contribution < -0.4 is 9.64 Å². The zero-order chi connectivity index (χ0) is 21.6. The van der Waals surface area contributed by atoms with E-state index in [1.807, 2.05) is 54.6 Å². The summed E-state index contributed by atoms with van der Waals surface area (Å²) >= 11 is 9.07. The molecule has 158 valence electrons. The van der Waals surface area contributed by atoms with E-state index in [0.29, 0.717) is 28.9 Å². The predicted molar refractivity (Wildman–Crippen MR) is 128 cm³/mol. The van der Waals surface area contributed by atoms with Gasteiger partial charge in [0.25, 0.3) is 0 Å². The fraction of sp³-hybridized carbons (Fsp3) is 0.174. The molecule has 0 aliphatic rings. The number of hydrogen-bond acceptors (Lipinski definition) is 6. The van der Waals surface area contributed by atoms with Crippen molar-refractivity contribution in [1.82, 2.24) is 9.97 Å². The molecule has 0 aliphatic carbocycles. The Labute approximate surface area is 194 Å². The molecule has 0 unspecified atom stereocenters. The first kappa shape index (κ1) is 21.6. The summed E-state index contributed by atoms with van der Waals surface area (Å²) < 4.78 is 6.30. The highest BCUT2D eigenvalue weighted by Gasteiger charge is 2.20. The van der Waals surface area contributed by atoms with Crippen LogP contribution in [0.4, 0.5) is 5.13 Å². The van der Waals surface area contributed by atoms with Crippen LogP contribution in [0.3, 0.4) is 0 Å². The number of rotatable bonds is 8. The number of benzene rings is 2. The van der Waals surface area contributed by atoms with Crippen molar-refractivity contribution in [3.05, 3.63) is 77.6 Å². The summed E-state index contributed by atoms with van der Waals surface area (Å²) in [5.41, 5.74) is 1.80. The molecule has 4 aromatic rings. The maximum atomic E-state index is 13.2. The Bertz CT molecular complexity index is 1170. The minimum absolute atomic E-state index is 0.0244. The highest BCUT2D eigenvalue weighted by atomic mass is 35.5. The van der Waals surface area contributed by atoms with Gasteiger partial charge in [0, 0.05) is 34.5 Å². The van der Waals surface area contributed by atoms with Crippen LogP contribution in [0.15, 0.2) is 71.9 Å². The number of fused-ring (bicyclic) bond motifs is 1. The summed E-state index contributed by atoms with van der Waals surface area (Å²) in [6.45, 7) is 0.426. The molecule has 31 heavy (non-hydrogen) atoms. The summed E-state index contributed by atoms with van der Waals surface area (Å²) in [5, 5.41) is 1.38. The van der Waals surface area contributed by atoms with Crippen molar-refractivity contribution in [1.29, 1.82) is 0 Å². The van der Waals surface area contributed by atoms with Gasteiger partial charge in [0.1, 0.15) is 5.75 Å². The van der Waals surface area contributed by atoms with Crippen LogP contribution in [0, 0.1) is 0 Å². The normalized spacial score (nSPS) is 10.9. The molecule has 2 aromatic carbocycles. The number of ether oxygens (including phenoxy) is 1. The van der Waals surface area contributed by atoms with Crippen LogP contribution in [-0.2, 0) is 11.3 Å². The van der Waals surface area contributed by atoms with Crippen LogP contribution in [0.25, 0.3) is 10.2 Å². The molecule has 0 spiro atoms. The summed E-state index contributed by atoms with van der Waals surface area (Å²) in [6.07, 6.45) is 3.90. The molecule has 0 saturated carbocycles. The van der Waals surface area contributed by atoms with E-state index in [4.69, 9.17) is 21.3 Å². The lowest BCUT2D eigenvalue weighted by Crippen LogP contribution is -2.30. The Morgan fingerprint density at radius 1 is 1.19 bits per heavy atom. The van der Waals surface area contributed by atoms with Gasteiger partial charge in [-0.1, -0.05) is 29.0 Å². The predicted octanol–water partition coefficient (Wildman–Crippen LogP) is 6.07. The Morgan fingerprint density at radius 2 is 2.03 bits per heavy atom. The average molecular weight is 470 g/mol. The molecule has 5 nitrogen and oxygen atoms in total. The van der Waals surface area contributed by atoms with Crippen molar-refractivity contribution >= 4 is 56.0 Å². The van der Waals surface area contributed by atoms with Crippen molar-refractivity contribution in [2.75, 3.05) is 17.8 Å². The van der Waals surface area contributed by atoms with Gasteiger partial charge in [-0.05, 0) is 54.1 Å². The highest BCUT2D eigenvalue weighted by molar-refractivity contribution is 7.99. The first-order valence-corrected chi connectivity index (χ1v) is 11.8. The zero-order valence-electron chi connectivity index (χ0n) is 16.8. The summed E-state index contributed by atoms with van der Waals surface area (Å²) in [5.74, 6) is 1.46. The van der Waals surface area contributed by atoms with E-state index in [0.717, 1.165) is 26.4 Å². The first-order valence-electron chi connectivity index (χ1n) is 9.64. The number of nitrogens with zero attached hydrogens (tertiary/aromatic N) is 3. The Hall–Kier alpha value is -2.61. The number of amides is 1. The summed E-state index contributed by atoms with van der Waals surface area (Å²) in [7, 11) is 1.64. The van der Waals surface area contributed by atoms with Crippen LogP contribution in [0.1, 0.15) is 12.0 Å². The Kier molecular flexibility index (Phi) is 7.06. The maximum Gasteiger partial charge on any atom is 0.229 e. The lowest BCUT2D eigenvalue weighted by atomic mass is 10.2. The number of pyridine rings is 1. The number of thioether (sulfide) groups is 1. The number of anilines is 1. The van der Waals surface area contributed by atoms with Gasteiger partial charge < -0.3 is 4.74 Å². The van der Waals surface area contributed by atoms with Gasteiger partial charge in [0.15, 0.2) is 5.13 Å². The Balaban J connectivity index is 1.53. The van der Waals surface area contributed by atoms with Crippen molar-refractivity contribution < 1.29 is 9.53 Å². The van der Waals surface area contributed by atoms with E-state index in [1.54, 1.807) is 36.2 Å². The molecule has 0 fully saturated rings. The molecule has 4 rings (SSSR count). The summed E-state index contributed by atoms with van der Waals surface area (Å²) in [6, 6.07) is 17.2. The molecule has 0 saturated heterocycles. The molecule has 0 aliphatic heterocycles. The maximum absolute atomic E-state index is 13.2. The van der Waals surface area contributed by atoms with Gasteiger partial charge in [-0.25, -0.2) is 4.98 Å². The van der Waals surface area contributed by atoms with E-state index < -0.39 is 0 Å². The third-order valence-electron chi connectivity index (χ3n) is 4.58. The number of carbonyl (C=O) groups is 1. The quantitative estimate of drug-likeness (QED) is 0.293. The summed E-state index contributed by atoms with van der Waals surface area (Å²) in [4.78, 5) is 24.9. The van der Waals surface area contributed by atoms with Crippen molar-refractivity contribution in [2.45, 2.75) is 17.9 Å². The fourth-order valence-electron chi connectivity index (χ4n) is 2.99. The lowest BCUT2D eigenvalue weighted by Gasteiger charge is -2.20. The number of halogens is 1. The Morgan fingerprint density at radius 3 is 2.77 bits per heavy atom. The zero-order valence-corrected chi connectivity index (χ0v) is 19.2. The minimum atomic E-state index is 0.0244. The molecular formula is C23H20ClN3O2S2. The van der Waals surface area contributed by atoms with Crippen molar-refractivity contribution in [3.8, 4) is 5.75 Å². The molecule has 1 amide bonds. The topological polar surface area (TPSA) is 55.3 Å². The van der Waals surface area contributed by atoms with Gasteiger partial charge in [-0.2, -0.15) is 0 Å². The second-order valence-corrected chi connectivity index (χ2v) is 9.34. The minimum Gasteiger partial charge on any atom is -0.497 e. The molecule has 2 aromatic heterocycles. The molecule has 0 atom stereocenters. The standard InChI is InChI=1S/C23H20ClN3O2S2/c1-29-18-6-9-20-21(13-18)31-23(26-20)27(15-16-3-2-11-25-14-16)22(28)10-12-30-19-7-4-17(24)5-8-19/h2-9,11,13-14H,10,12,15H2,1H3. The lowest BCUT2D eigenvalue weighted by molar-refractivity contribution is -0.118. The molecule has 8 heteroatoms. The fourth-order valence-corrected chi connectivity index (χ4v) is 4.97. The third kappa shape index (κ3) is 5.55. The van der Waals surface area contributed by atoms with Crippen LogP contribution in [-0.4, -0.2) is 28.7 Å².